The first-order valence-corrected chi connectivity index (χ1v) is 11.8. The van der Waals surface area contributed by atoms with Crippen LogP contribution in [-0.4, -0.2) is 6.61 Å². The lowest BCUT2D eigenvalue weighted by Crippen LogP contribution is -2.15. The highest BCUT2D eigenvalue weighted by Crippen LogP contribution is 2.36. The molecular formula is C22H33F4O4S-. The van der Waals surface area contributed by atoms with Crippen LogP contribution in [0.15, 0.2) is 4.90 Å². The van der Waals surface area contributed by atoms with Gasteiger partial charge in [0.05, 0.1) is 18.6 Å². The molecule has 0 aliphatic rings. The van der Waals surface area contributed by atoms with E-state index < -0.39 is 33.9 Å². The van der Waals surface area contributed by atoms with Crippen molar-refractivity contribution in [3.8, 4) is 5.75 Å². The first-order chi connectivity index (χ1) is 15.0. The summed E-state index contributed by atoms with van der Waals surface area (Å²) >= 11 is -0.250. The molecular weight excluding hydrogens is 436 g/mol. The summed E-state index contributed by atoms with van der Waals surface area (Å²) in [6.07, 6.45) is 12.6. The van der Waals surface area contributed by atoms with Gasteiger partial charge in [0.25, 0.3) is 0 Å². The molecule has 1 rings (SSSR count). The zero-order chi connectivity index (χ0) is 23.1. The van der Waals surface area contributed by atoms with Crippen LogP contribution in [0.4, 0.5) is 17.6 Å². The molecule has 0 N–H and O–H groups in total. The average molecular weight is 470 g/mol. The number of hydrogen-bond acceptors (Lipinski definition) is 5. The predicted molar refractivity (Wildman–Crippen MR) is 110 cm³/mol. The molecule has 180 valence electrons. The largest absolute Gasteiger partial charge is 0.691 e. The monoisotopic (exact) mass is 469 g/mol. The number of rotatable bonds is 18. The number of benzene rings is 1. The maximum absolute atomic E-state index is 14.3. The van der Waals surface area contributed by atoms with Gasteiger partial charge in [-0.15, -0.1) is 0 Å². The van der Waals surface area contributed by atoms with Crippen molar-refractivity contribution in [2.24, 2.45) is 5.92 Å². The van der Waals surface area contributed by atoms with Gasteiger partial charge >= 0.3 is 0 Å². The Morgan fingerprint density at radius 1 is 0.742 bits per heavy atom. The van der Waals surface area contributed by atoms with Crippen LogP contribution in [-0.2, 0) is 9.37 Å². The molecule has 0 aliphatic carbocycles. The minimum absolute atomic E-state index is 0.0273. The van der Waals surface area contributed by atoms with Crippen LogP contribution in [0.5, 0.6) is 5.75 Å². The Morgan fingerprint density at radius 3 is 1.74 bits per heavy atom. The quantitative estimate of drug-likeness (QED) is 0.0569. The molecule has 0 spiro atoms. The van der Waals surface area contributed by atoms with E-state index in [1.54, 1.807) is 0 Å². The van der Waals surface area contributed by atoms with Crippen molar-refractivity contribution in [2.45, 2.75) is 95.8 Å². The maximum atomic E-state index is 14.3. The number of unbranched alkanes of at least 4 members (excludes halogenated alkanes) is 8. The van der Waals surface area contributed by atoms with E-state index in [9.17, 15) is 22.8 Å². The molecule has 1 atom stereocenters. The van der Waals surface area contributed by atoms with E-state index in [-0.39, 0.29) is 24.6 Å². The van der Waals surface area contributed by atoms with Gasteiger partial charge in [0.1, 0.15) is 4.90 Å². The molecule has 9 heteroatoms. The van der Waals surface area contributed by atoms with Crippen molar-refractivity contribution in [3.05, 3.63) is 23.3 Å². The first kappa shape index (κ1) is 28.0. The molecule has 0 saturated heterocycles. The molecule has 1 unspecified atom stereocenters. The van der Waals surface area contributed by atoms with Gasteiger partial charge in [-0.1, -0.05) is 78.1 Å². The van der Waals surface area contributed by atoms with Gasteiger partial charge in [0, 0.05) is 0 Å². The molecule has 0 radical (unpaired) electrons. The number of ether oxygens (including phenoxy) is 1. The third kappa shape index (κ3) is 9.97. The zero-order valence-corrected chi connectivity index (χ0v) is 19.1. The molecule has 31 heavy (non-hydrogen) atoms. The summed E-state index contributed by atoms with van der Waals surface area (Å²) in [6.45, 7) is 4.24. The van der Waals surface area contributed by atoms with Gasteiger partial charge in [-0.25, -0.2) is 8.78 Å². The standard InChI is InChI=1S/C22H34F4O4S/c1-3-5-7-9-10-12-14-16(13-11-8-6-4-2)15-28-21-17(23)19(25)22(31-30-29-27)20(26)18(21)24/h16,27H,3-15H2,1-2H3/p-1. The summed E-state index contributed by atoms with van der Waals surface area (Å²) in [6, 6.07) is 0. The number of hydrogen-bond donors (Lipinski definition) is 0. The second-order valence-electron chi connectivity index (χ2n) is 7.72. The minimum Gasteiger partial charge on any atom is -0.691 e. The molecule has 4 nitrogen and oxygen atoms in total. The van der Waals surface area contributed by atoms with Crippen LogP contribution in [0.1, 0.15) is 90.9 Å². The Hall–Kier alpha value is -1.03. The lowest BCUT2D eigenvalue weighted by molar-refractivity contribution is -0.777. The van der Waals surface area contributed by atoms with Crippen LogP contribution in [0.3, 0.4) is 0 Å². The maximum Gasteiger partial charge on any atom is 0.205 e. The highest BCUT2D eigenvalue weighted by molar-refractivity contribution is 7.94. The van der Waals surface area contributed by atoms with Crippen molar-refractivity contribution in [2.75, 3.05) is 6.61 Å². The van der Waals surface area contributed by atoms with Gasteiger partial charge in [-0.2, -0.15) is 13.1 Å². The highest BCUT2D eigenvalue weighted by atomic mass is 32.2. The van der Waals surface area contributed by atoms with Gasteiger partial charge < -0.3 is 9.99 Å². The smallest absolute Gasteiger partial charge is 0.205 e. The third-order valence-corrected chi connectivity index (χ3v) is 5.87. The summed E-state index contributed by atoms with van der Waals surface area (Å²) in [7, 11) is 0. The van der Waals surface area contributed by atoms with Crippen molar-refractivity contribution in [1.29, 1.82) is 0 Å². The molecule has 0 aromatic heterocycles. The van der Waals surface area contributed by atoms with Crippen molar-refractivity contribution in [1.82, 2.24) is 0 Å². The Morgan fingerprint density at radius 2 is 1.23 bits per heavy atom. The van der Waals surface area contributed by atoms with E-state index >= 15 is 0 Å². The number of halogens is 4. The van der Waals surface area contributed by atoms with Crippen LogP contribution < -0.4 is 9.99 Å². The van der Waals surface area contributed by atoms with Gasteiger partial charge in [-0.05, 0) is 18.8 Å². The fourth-order valence-corrected chi connectivity index (χ4v) is 3.85. The van der Waals surface area contributed by atoms with Crippen LogP contribution >= 0.6 is 12.0 Å². The topological polar surface area (TPSA) is 50.8 Å². The Balaban J connectivity index is 2.75. The zero-order valence-electron chi connectivity index (χ0n) is 18.3. The van der Waals surface area contributed by atoms with Crippen LogP contribution in [0, 0.1) is 29.2 Å². The second-order valence-corrected chi connectivity index (χ2v) is 8.43. The Labute approximate surface area is 186 Å². The Bertz CT molecular complexity index is 605. The second kappa shape index (κ2) is 16.6. The average Bonchev–Trinajstić information content (AvgIpc) is 2.77. The minimum atomic E-state index is -1.70. The Kier molecular flexibility index (Phi) is 15.0. The van der Waals surface area contributed by atoms with Crippen LogP contribution in [0.2, 0.25) is 0 Å². The first-order valence-electron chi connectivity index (χ1n) is 11.1. The van der Waals surface area contributed by atoms with Crippen LogP contribution in [0.25, 0.3) is 0 Å². The molecule has 1 aromatic rings. The van der Waals surface area contributed by atoms with Crippen molar-refractivity contribution < 1.29 is 36.9 Å². The molecule has 0 heterocycles. The van der Waals surface area contributed by atoms with E-state index in [1.165, 1.54) is 19.3 Å². The fourth-order valence-electron chi connectivity index (χ4n) is 3.42. The van der Waals surface area contributed by atoms with Crippen molar-refractivity contribution >= 4 is 12.0 Å². The summed E-state index contributed by atoms with van der Waals surface area (Å²) in [5, 5.41) is 12.8. The molecule has 0 fully saturated rings. The van der Waals surface area contributed by atoms with Gasteiger partial charge in [-0.3, -0.25) is 5.04 Å². The summed E-state index contributed by atoms with van der Waals surface area (Å²) in [4.78, 5) is -1.15. The molecule has 0 bridgehead atoms. The van der Waals surface area contributed by atoms with E-state index in [2.05, 4.69) is 23.2 Å². The summed E-state index contributed by atoms with van der Waals surface area (Å²) in [5.74, 6) is -7.79. The molecule has 0 amide bonds. The summed E-state index contributed by atoms with van der Waals surface area (Å²) in [5.41, 5.74) is 0. The fraction of sp³-hybridized carbons (Fsp3) is 0.727. The molecule has 0 saturated carbocycles. The lowest BCUT2D eigenvalue weighted by Gasteiger charge is -2.19. The van der Waals surface area contributed by atoms with E-state index in [0.29, 0.717) is 0 Å². The third-order valence-electron chi connectivity index (χ3n) is 5.22. The van der Waals surface area contributed by atoms with E-state index in [4.69, 9.17) is 4.74 Å². The molecule has 0 aliphatic heterocycles. The summed E-state index contributed by atoms with van der Waals surface area (Å²) < 4.78 is 65.7. The SMILES string of the molecule is CCCCCCCCC(CCCCCC)COc1c(F)c(F)c(SOO[O-])c(F)c1F. The molecule has 1 aromatic carbocycles. The predicted octanol–water partition coefficient (Wildman–Crippen LogP) is 7.19. The van der Waals surface area contributed by atoms with Gasteiger partial charge in [0.2, 0.25) is 11.6 Å². The highest BCUT2D eigenvalue weighted by Gasteiger charge is 2.28. The van der Waals surface area contributed by atoms with Gasteiger partial charge in [0.15, 0.2) is 17.4 Å². The lowest BCUT2D eigenvalue weighted by atomic mass is 9.95. The van der Waals surface area contributed by atoms with Crippen molar-refractivity contribution in [3.63, 3.8) is 0 Å². The van der Waals surface area contributed by atoms with E-state index in [1.807, 2.05) is 0 Å². The van der Waals surface area contributed by atoms with E-state index in [0.717, 1.165) is 57.8 Å². The normalized spacial score (nSPS) is 12.4.